The highest BCUT2D eigenvalue weighted by Gasteiger charge is 2.25. The summed E-state index contributed by atoms with van der Waals surface area (Å²) in [5.74, 6) is -2.99. The average molecular weight is 956 g/mol. The smallest absolute Gasteiger partial charge is 0.326 e. The van der Waals surface area contributed by atoms with Crippen LogP contribution in [-0.4, -0.2) is 81.9 Å². The van der Waals surface area contributed by atoms with Crippen molar-refractivity contribution in [3.05, 3.63) is 155 Å². The first kappa shape index (κ1) is 47.7. The molecule has 2 atom stereocenters. The molecule has 326 valence electrons. The van der Waals surface area contributed by atoms with Crippen molar-refractivity contribution in [1.29, 1.82) is 0 Å². The summed E-state index contributed by atoms with van der Waals surface area (Å²) >= 11 is 29.6. The molecule has 2 unspecified atom stereocenters. The van der Waals surface area contributed by atoms with Gasteiger partial charge in [0.05, 0.1) is 56.3 Å². The Morgan fingerprint density at radius 2 is 1.14 bits per heavy atom. The van der Waals surface area contributed by atoms with E-state index in [1.165, 1.54) is 37.4 Å². The van der Waals surface area contributed by atoms with Crippen LogP contribution in [0, 0.1) is 0 Å². The van der Waals surface area contributed by atoms with Crippen molar-refractivity contribution in [3.8, 4) is 33.8 Å². The molecule has 0 saturated carbocycles. The van der Waals surface area contributed by atoms with Gasteiger partial charge in [-0.25, -0.2) is 19.0 Å². The summed E-state index contributed by atoms with van der Waals surface area (Å²) in [4.78, 5) is 64.7. The van der Waals surface area contributed by atoms with Crippen LogP contribution in [0.15, 0.2) is 101 Å². The van der Waals surface area contributed by atoms with Crippen molar-refractivity contribution < 1.29 is 34.4 Å². The lowest BCUT2D eigenvalue weighted by atomic mass is 10.0. The number of thiocarbonyl (C=S) groups is 1. The molecule has 0 aliphatic rings. The third-order valence-corrected chi connectivity index (χ3v) is 10.8. The molecule has 5 N–H and O–H groups in total. The predicted molar refractivity (Wildman–Crippen MR) is 241 cm³/mol. The summed E-state index contributed by atoms with van der Waals surface area (Å²) in [6.07, 6.45) is 5.20. The minimum Gasteiger partial charge on any atom is -0.505 e. The van der Waals surface area contributed by atoms with Crippen molar-refractivity contribution >= 4 is 81.5 Å². The van der Waals surface area contributed by atoms with E-state index in [0.717, 1.165) is 16.4 Å². The van der Waals surface area contributed by atoms with Crippen LogP contribution >= 0.6 is 58.6 Å². The highest BCUT2D eigenvalue weighted by molar-refractivity contribution is 7.80. The molecule has 0 spiro atoms. The van der Waals surface area contributed by atoms with Crippen molar-refractivity contribution in [3.63, 3.8) is 0 Å². The van der Waals surface area contributed by atoms with Gasteiger partial charge in [-0.3, -0.25) is 19.4 Å². The number of carboxylic acid groups (broad SMARTS) is 2. The number of methoxy groups -OCH3 is 1. The maximum atomic E-state index is 12.5. The van der Waals surface area contributed by atoms with E-state index in [0.29, 0.717) is 43.6 Å². The van der Waals surface area contributed by atoms with Crippen LogP contribution in [-0.2, 0) is 36.5 Å². The Balaban J connectivity index is 0.000000238. The predicted octanol–water partition coefficient (Wildman–Crippen LogP) is 6.00. The number of aromatic nitrogens is 5. The number of carbonyl (C=O) groups excluding carboxylic acids is 1. The molecule has 0 aliphatic carbocycles. The quantitative estimate of drug-likeness (QED) is 0.0837. The van der Waals surface area contributed by atoms with E-state index >= 15 is 0 Å². The van der Waals surface area contributed by atoms with Crippen LogP contribution in [0.25, 0.3) is 22.3 Å². The lowest BCUT2D eigenvalue weighted by Gasteiger charge is -2.18. The largest absolute Gasteiger partial charge is 0.505 e. The van der Waals surface area contributed by atoms with Crippen LogP contribution in [0.5, 0.6) is 11.5 Å². The third kappa shape index (κ3) is 11.6. The van der Waals surface area contributed by atoms with Crippen molar-refractivity contribution in [2.75, 3.05) is 7.11 Å². The molecule has 3 aromatic heterocycles. The number of halogens is 4. The standard InChI is InChI=1S/C22H19Cl2N3O4S.C20H16Cl2N4O5/c1-27-21(28)18(17(31-2)11-25-27)13-8-6-12(7-9-13)10-16(22(29)30)26-20(32)19-14(23)4-3-5-15(19)24;1-26-19(29)16(15(27)9-24-26)11-4-2-10(3-5-11)6-14(20(30)31)25-18(28)17-12(21)7-23-8-13(17)22/h3-9,11,16H,10H2,1-2H3,(H,26,32)(H,29,30);2-5,7-9,14,27H,6H2,1H3,(H,25,28)(H,30,31). The molecule has 0 fully saturated rings. The summed E-state index contributed by atoms with van der Waals surface area (Å²) < 4.78 is 7.58. The van der Waals surface area contributed by atoms with Gasteiger partial charge in [-0.15, -0.1) is 0 Å². The van der Waals surface area contributed by atoms with Gasteiger partial charge in [0.25, 0.3) is 17.0 Å². The van der Waals surface area contributed by atoms with Crippen LogP contribution in [0.2, 0.25) is 20.1 Å². The number of nitrogens with one attached hydrogen (secondary N) is 2. The van der Waals surface area contributed by atoms with Gasteiger partial charge in [0, 0.05) is 44.9 Å². The van der Waals surface area contributed by atoms with E-state index in [-0.39, 0.29) is 50.3 Å². The topological polar surface area (TPSA) is 228 Å². The lowest BCUT2D eigenvalue weighted by Crippen LogP contribution is -2.42. The van der Waals surface area contributed by atoms with Gasteiger partial charge < -0.3 is 30.7 Å². The van der Waals surface area contributed by atoms with Crippen molar-refractivity contribution in [1.82, 2.24) is 35.2 Å². The van der Waals surface area contributed by atoms with Crippen LogP contribution in [0.1, 0.15) is 27.0 Å². The average Bonchev–Trinajstić information content (AvgIpc) is 3.23. The van der Waals surface area contributed by atoms with Gasteiger partial charge in [-0.2, -0.15) is 10.2 Å². The first-order valence-electron chi connectivity index (χ1n) is 18.3. The summed E-state index contributed by atoms with van der Waals surface area (Å²) in [5.41, 5.74) is 2.37. The highest BCUT2D eigenvalue weighted by Crippen LogP contribution is 2.28. The highest BCUT2D eigenvalue weighted by atomic mass is 35.5. The fourth-order valence-corrected chi connectivity index (χ4v) is 7.63. The first-order valence-corrected chi connectivity index (χ1v) is 20.2. The number of ether oxygens (including phenoxy) is 1. The Hall–Kier alpha value is -6.37. The molecule has 21 heteroatoms. The molecule has 16 nitrogen and oxygen atoms in total. The molecule has 6 aromatic rings. The Morgan fingerprint density at radius 1 is 0.683 bits per heavy atom. The molecule has 0 aliphatic heterocycles. The van der Waals surface area contributed by atoms with E-state index in [2.05, 4.69) is 25.8 Å². The molecule has 3 heterocycles. The summed E-state index contributed by atoms with van der Waals surface area (Å²) in [6.45, 7) is 0. The van der Waals surface area contributed by atoms with Crippen LogP contribution in [0.3, 0.4) is 0 Å². The maximum absolute atomic E-state index is 12.5. The number of hydrogen-bond acceptors (Lipinski definition) is 11. The molecule has 0 radical (unpaired) electrons. The number of amides is 1. The third-order valence-electron chi connectivity index (χ3n) is 9.28. The second kappa shape index (κ2) is 21.1. The number of rotatable bonds is 13. The SMILES string of the molecule is COc1cnn(C)c(=O)c1-c1ccc(CC(NC(=S)c2c(Cl)cccc2Cl)C(=O)O)cc1.Cn1ncc(O)c(-c2ccc(CC(NC(=O)c3c(Cl)cncc3Cl)C(=O)O)cc2)c1=O. The number of carbonyl (C=O) groups is 3. The Bertz CT molecular complexity index is 2780. The zero-order valence-corrected chi connectivity index (χ0v) is 37.0. The number of aliphatic carboxylic acids is 2. The van der Waals surface area contributed by atoms with Crippen LogP contribution in [0.4, 0.5) is 0 Å². The first-order chi connectivity index (χ1) is 29.9. The van der Waals surface area contributed by atoms with Gasteiger partial charge in [0.1, 0.15) is 22.8 Å². The maximum Gasteiger partial charge on any atom is 0.326 e. The Kier molecular flexibility index (Phi) is 16.0. The number of nitrogens with zero attached hydrogens (tertiary/aromatic N) is 5. The molecular weight excluding hydrogens is 920 g/mol. The normalized spacial score (nSPS) is 11.7. The zero-order valence-electron chi connectivity index (χ0n) is 33.2. The van der Waals surface area contributed by atoms with E-state index < -0.39 is 35.5 Å². The fraction of sp³-hybridized carbons (Fsp3) is 0.167. The Morgan fingerprint density at radius 3 is 1.63 bits per heavy atom. The molecule has 0 bridgehead atoms. The number of aromatic hydroxyl groups is 1. The van der Waals surface area contributed by atoms with Gasteiger partial charge in [0.2, 0.25) is 0 Å². The fourth-order valence-electron chi connectivity index (χ4n) is 6.04. The summed E-state index contributed by atoms with van der Waals surface area (Å²) in [7, 11) is 4.48. The number of pyridine rings is 1. The lowest BCUT2D eigenvalue weighted by molar-refractivity contribution is -0.140. The molecular formula is C42H35Cl4N7O9S. The molecule has 0 saturated heterocycles. The van der Waals surface area contributed by atoms with Crippen LogP contribution < -0.4 is 26.5 Å². The number of carboxylic acids is 2. The monoisotopic (exact) mass is 953 g/mol. The van der Waals surface area contributed by atoms with E-state index in [1.807, 2.05) is 0 Å². The molecule has 3 aromatic carbocycles. The van der Waals surface area contributed by atoms with Gasteiger partial charge >= 0.3 is 11.9 Å². The molecule has 6 rings (SSSR count). The second-order valence-electron chi connectivity index (χ2n) is 13.5. The number of benzene rings is 3. The minimum atomic E-state index is -1.26. The van der Waals surface area contributed by atoms with Gasteiger partial charge in [-0.1, -0.05) is 113 Å². The molecule has 1 amide bonds. The van der Waals surface area contributed by atoms with E-state index in [4.69, 9.17) is 63.4 Å². The number of hydrogen-bond donors (Lipinski definition) is 5. The zero-order chi connectivity index (χ0) is 46.1. The second-order valence-corrected chi connectivity index (χ2v) is 15.5. The van der Waals surface area contributed by atoms with E-state index in [9.17, 15) is 39.3 Å². The Labute approximate surface area is 383 Å². The van der Waals surface area contributed by atoms with Crippen molar-refractivity contribution in [2.24, 2.45) is 14.1 Å². The van der Waals surface area contributed by atoms with Crippen molar-refractivity contribution in [2.45, 2.75) is 24.9 Å². The minimum absolute atomic E-state index is 0.00256. The number of aryl methyl sites for hydroxylation is 2. The van der Waals surface area contributed by atoms with E-state index in [1.54, 1.807) is 73.8 Å². The van der Waals surface area contributed by atoms with Gasteiger partial charge in [0.15, 0.2) is 5.75 Å². The van der Waals surface area contributed by atoms with Gasteiger partial charge in [-0.05, 0) is 34.4 Å². The summed E-state index contributed by atoms with van der Waals surface area (Å²) in [6, 6.07) is 16.0. The molecule has 63 heavy (non-hydrogen) atoms. The summed E-state index contributed by atoms with van der Waals surface area (Å²) in [5, 5.41) is 42.8.